The zero-order valence-electron chi connectivity index (χ0n) is 38.4. The Kier molecular flexibility index (Phi) is 9.20. The van der Waals surface area contributed by atoms with Crippen molar-refractivity contribution in [1.29, 1.82) is 5.26 Å². The second kappa shape index (κ2) is 16.2. The van der Waals surface area contributed by atoms with Crippen LogP contribution in [0.15, 0.2) is 249 Å². The van der Waals surface area contributed by atoms with Crippen LogP contribution in [0.4, 0.5) is 0 Å². The third-order valence-corrected chi connectivity index (χ3v) is 14.3. The van der Waals surface area contributed by atoms with Gasteiger partial charge in [0.25, 0.3) is 0 Å². The van der Waals surface area contributed by atoms with E-state index < -0.39 is 0 Å². The van der Waals surface area contributed by atoms with Gasteiger partial charge in [-0.25, -0.2) is 4.98 Å². The lowest BCUT2D eigenvalue weighted by molar-refractivity contribution is 1.16. The summed E-state index contributed by atoms with van der Waals surface area (Å²) >= 11 is 0. The Balaban J connectivity index is 1.15. The van der Waals surface area contributed by atoms with Crippen molar-refractivity contribution in [2.75, 3.05) is 0 Å². The smallest absolute Gasteiger partial charge is 0.0991 e. The Morgan fingerprint density at radius 3 is 1.10 bits per heavy atom. The molecule has 4 aromatic heterocycles. The molecule has 0 fully saturated rings. The fourth-order valence-electron chi connectivity index (χ4n) is 11.3. The Morgan fingerprint density at radius 2 is 0.662 bits per heavy atom. The minimum absolute atomic E-state index is 0.584. The van der Waals surface area contributed by atoms with Crippen LogP contribution >= 0.6 is 0 Å². The van der Waals surface area contributed by atoms with E-state index in [2.05, 4.69) is 250 Å². The van der Waals surface area contributed by atoms with Crippen LogP contribution in [0.2, 0.25) is 0 Å². The third kappa shape index (κ3) is 6.22. The van der Waals surface area contributed by atoms with E-state index >= 15 is 0 Å². The molecule has 0 amide bonds. The summed E-state index contributed by atoms with van der Waals surface area (Å²) in [5.74, 6) is 0. The highest BCUT2D eigenvalue weighted by Gasteiger charge is 2.27. The van der Waals surface area contributed by atoms with Gasteiger partial charge in [0, 0.05) is 54.6 Å². The number of rotatable bonds is 7. The molecule has 14 rings (SSSR count). The maximum Gasteiger partial charge on any atom is 0.0991 e. The summed E-state index contributed by atoms with van der Waals surface area (Å²) in [6.07, 6.45) is 0. The third-order valence-electron chi connectivity index (χ3n) is 14.3. The molecule has 5 heteroatoms. The van der Waals surface area contributed by atoms with E-state index in [-0.39, 0.29) is 0 Å². The number of nitrogens with zero attached hydrogens (tertiary/aromatic N) is 5. The summed E-state index contributed by atoms with van der Waals surface area (Å²) in [4.78, 5) is 6.03. The number of hydrogen-bond donors (Lipinski definition) is 0. The van der Waals surface area contributed by atoms with Crippen molar-refractivity contribution in [2.45, 2.75) is 0 Å². The van der Waals surface area contributed by atoms with Crippen LogP contribution in [0, 0.1) is 11.3 Å². The van der Waals surface area contributed by atoms with E-state index in [1.54, 1.807) is 0 Å². The Morgan fingerprint density at radius 1 is 0.310 bits per heavy atom. The minimum atomic E-state index is 0.584. The van der Waals surface area contributed by atoms with E-state index in [1.807, 2.05) is 18.2 Å². The van der Waals surface area contributed by atoms with Crippen LogP contribution in [0.3, 0.4) is 0 Å². The quantitative estimate of drug-likeness (QED) is 0.160. The summed E-state index contributed by atoms with van der Waals surface area (Å²) in [5, 5.41) is 17.6. The fourth-order valence-corrected chi connectivity index (χ4v) is 11.3. The first-order valence-electron chi connectivity index (χ1n) is 24.0. The van der Waals surface area contributed by atoms with Crippen LogP contribution < -0.4 is 0 Å². The van der Waals surface area contributed by atoms with E-state index in [9.17, 15) is 5.26 Å². The maximum absolute atomic E-state index is 10.5. The van der Waals surface area contributed by atoms with Crippen molar-refractivity contribution in [3.05, 3.63) is 254 Å². The van der Waals surface area contributed by atoms with Gasteiger partial charge >= 0.3 is 0 Å². The average molecular weight is 904 g/mol. The molecule has 0 aliphatic rings. The number of benzene rings is 10. The van der Waals surface area contributed by atoms with Crippen molar-refractivity contribution in [3.8, 4) is 67.9 Å². The number of para-hydroxylation sites is 9. The molecule has 0 atom stereocenters. The lowest BCUT2D eigenvalue weighted by Gasteiger charge is -2.23. The van der Waals surface area contributed by atoms with Gasteiger partial charge in [0.1, 0.15) is 0 Å². The average Bonchev–Trinajstić information content (AvgIpc) is 4.09. The van der Waals surface area contributed by atoms with Gasteiger partial charge in [-0.1, -0.05) is 176 Å². The van der Waals surface area contributed by atoms with Crippen molar-refractivity contribution in [3.63, 3.8) is 0 Å². The van der Waals surface area contributed by atoms with E-state index in [0.29, 0.717) is 5.56 Å². The summed E-state index contributed by atoms with van der Waals surface area (Å²) in [6.45, 7) is 0. The Bertz CT molecular complexity index is 4340. The second-order valence-corrected chi connectivity index (χ2v) is 18.1. The highest BCUT2D eigenvalue weighted by atomic mass is 15.0. The molecule has 0 unspecified atom stereocenters. The van der Waals surface area contributed by atoms with Gasteiger partial charge in [-0.15, -0.1) is 0 Å². The predicted octanol–water partition coefficient (Wildman–Crippen LogP) is 16.9. The highest BCUT2D eigenvalue weighted by molar-refractivity contribution is 6.13. The van der Waals surface area contributed by atoms with Crippen LogP contribution in [-0.2, 0) is 0 Å². The van der Waals surface area contributed by atoms with Gasteiger partial charge in [-0.3, -0.25) is 0 Å². The molecule has 0 saturated carbocycles. The molecular weight excluding hydrogens is 863 g/mol. The molecule has 0 aliphatic heterocycles. The Hall–Kier alpha value is -9.76. The molecule has 0 spiro atoms. The summed E-state index contributed by atoms with van der Waals surface area (Å²) in [5.41, 5.74) is 17.8. The molecule has 0 aliphatic carbocycles. The molecule has 71 heavy (non-hydrogen) atoms. The molecule has 0 saturated heterocycles. The second-order valence-electron chi connectivity index (χ2n) is 18.1. The number of nitriles is 1. The van der Waals surface area contributed by atoms with E-state index in [0.717, 1.165) is 94.9 Å². The monoisotopic (exact) mass is 903 g/mol. The minimum Gasteiger partial charge on any atom is -0.309 e. The normalized spacial score (nSPS) is 11.6. The van der Waals surface area contributed by atoms with Gasteiger partial charge in [-0.2, -0.15) is 5.26 Å². The molecule has 10 aromatic carbocycles. The SMILES string of the molecule is N#Cc1cccc(-c2cc(-c3ccccc3-n3c4ccccc4c4ccccc43)nc(-c3ccccc3-n3c4ccccc4c4ccccc43)c2-c2ccccc2-n2c3ccccc3c3ccccc32)c1. The Labute approximate surface area is 409 Å². The van der Waals surface area contributed by atoms with Gasteiger partial charge in [0.05, 0.1) is 73.2 Å². The van der Waals surface area contributed by atoms with Gasteiger partial charge in [-0.05, 0) is 83.9 Å². The standard InChI is InChI=1S/C66H41N5/c67-42-43-20-19-21-44(40-43)54-41-55(51-28-7-16-37-62(51)69-56-31-10-1-22-45(56)46-23-2-11-32-57(46)69)68-66(53-30-9-18-39-64(53)71-60-35-14-5-26-49(60)50-27-6-15-36-61(50)71)65(54)52-29-8-17-38-63(52)70-58-33-12-3-24-47(58)48-25-4-13-34-59(48)70/h1-41H. The molecule has 330 valence electrons. The summed E-state index contributed by atoms with van der Waals surface area (Å²) < 4.78 is 7.19. The van der Waals surface area contributed by atoms with Gasteiger partial charge in [0.15, 0.2) is 0 Å². The first-order valence-corrected chi connectivity index (χ1v) is 24.0. The molecule has 4 heterocycles. The fraction of sp³-hybridized carbons (Fsp3) is 0. The van der Waals surface area contributed by atoms with Crippen LogP contribution in [-0.4, -0.2) is 18.7 Å². The highest BCUT2D eigenvalue weighted by Crippen LogP contribution is 2.48. The molecule has 14 aromatic rings. The predicted molar refractivity (Wildman–Crippen MR) is 294 cm³/mol. The first kappa shape index (κ1) is 40.3. The number of fused-ring (bicyclic) bond motifs is 9. The van der Waals surface area contributed by atoms with Crippen molar-refractivity contribution in [1.82, 2.24) is 18.7 Å². The van der Waals surface area contributed by atoms with E-state index in [4.69, 9.17) is 4.98 Å². The van der Waals surface area contributed by atoms with Gasteiger partial charge in [0.2, 0.25) is 0 Å². The molecule has 0 N–H and O–H groups in total. The van der Waals surface area contributed by atoms with Crippen molar-refractivity contribution >= 4 is 65.4 Å². The van der Waals surface area contributed by atoms with Crippen molar-refractivity contribution < 1.29 is 0 Å². The maximum atomic E-state index is 10.5. The lowest BCUT2D eigenvalue weighted by Crippen LogP contribution is -2.05. The zero-order valence-corrected chi connectivity index (χ0v) is 38.4. The summed E-state index contributed by atoms with van der Waals surface area (Å²) in [6, 6.07) is 90.9. The first-order chi connectivity index (χ1) is 35.2. The van der Waals surface area contributed by atoms with Crippen LogP contribution in [0.25, 0.3) is 127 Å². The number of aromatic nitrogens is 4. The van der Waals surface area contributed by atoms with Crippen LogP contribution in [0.5, 0.6) is 0 Å². The number of pyridine rings is 1. The molecule has 0 bridgehead atoms. The molecule has 5 nitrogen and oxygen atoms in total. The largest absolute Gasteiger partial charge is 0.309 e. The lowest BCUT2D eigenvalue weighted by atomic mass is 9.87. The molecule has 0 radical (unpaired) electrons. The van der Waals surface area contributed by atoms with Gasteiger partial charge < -0.3 is 13.7 Å². The summed E-state index contributed by atoms with van der Waals surface area (Å²) in [7, 11) is 0. The van der Waals surface area contributed by atoms with Crippen molar-refractivity contribution in [2.24, 2.45) is 0 Å². The van der Waals surface area contributed by atoms with Crippen LogP contribution in [0.1, 0.15) is 5.56 Å². The van der Waals surface area contributed by atoms with E-state index in [1.165, 1.54) is 32.3 Å². The topological polar surface area (TPSA) is 51.5 Å². The molecular formula is C66H41N5. The number of hydrogen-bond acceptors (Lipinski definition) is 2. The zero-order chi connectivity index (χ0) is 47.0.